The normalized spacial score (nSPS) is 14.5. The van der Waals surface area contributed by atoms with Crippen LogP contribution in [0.2, 0.25) is 5.28 Å². The molecular weight excluding hydrogens is 506 g/mol. The lowest BCUT2D eigenvalue weighted by molar-refractivity contribution is -0.144. The zero-order valence-electron chi connectivity index (χ0n) is 20.9. The number of carbonyl (C=O) groups is 3. The minimum Gasteiger partial charge on any atom is -0.480 e. The summed E-state index contributed by atoms with van der Waals surface area (Å²) in [4.78, 5) is 53.1. The number of ether oxygens (including phenoxy) is 2. The smallest absolute Gasteiger partial charge is 0.414 e. The van der Waals surface area contributed by atoms with Crippen molar-refractivity contribution >= 4 is 41.5 Å². The molecule has 200 valence electrons. The van der Waals surface area contributed by atoms with E-state index in [0.717, 1.165) is 0 Å². The summed E-state index contributed by atoms with van der Waals surface area (Å²) in [6, 6.07) is 5.49. The van der Waals surface area contributed by atoms with E-state index in [1.165, 1.54) is 4.90 Å². The fourth-order valence-electron chi connectivity index (χ4n) is 3.52. The Bertz CT molecular complexity index is 1090. The maximum absolute atomic E-state index is 11.9. The molecular formula is C23H30ClN7O6. The van der Waals surface area contributed by atoms with E-state index in [0.29, 0.717) is 50.0 Å². The Hall–Kier alpha value is -3.71. The summed E-state index contributed by atoms with van der Waals surface area (Å²) < 4.78 is 10.2. The number of nitrogens with one attached hydrogen (secondary N) is 1. The number of halogens is 1. The van der Waals surface area contributed by atoms with Crippen LogP contribution in [0, 0.1) is 0 Å². The zero-order chi connectivity index (χ0) is 26.9. The first-order valence-electron chi connectivity index (χ1n) is 11.7. The summed E-state index contributed by atoms with van der Waals surface area (Å²) in [6.07, 6.45) is -0.400. The van der Waals surface area contributed by atoms with Crippen molar-refractivity contribution in [3.05, 3.63) is 35.1 Å². The van der Waals surface area contributed by atoms with Gasteiger partial charge in [-0.05, 0) is 36.2 Å². The third-order valence-corrected chi connectivity index (χ3v) is 5.61. The monoisotopic (exact) mass is 535 g/mol. The number of aromatic nitrogens is 3. The van der Waals surface area contributed by atoms with E-state index in [2.05, 4.69) is 20.3 Å². The van der Waals surface area contributed by atoms with Gasteiger partial charge < -0.3 is 29.7 Å². The molecule has 1 atom stereocenters. The van der Waals surface area contributed by atoms with Crippen molar-refractivity contribution in [3.8, 4) is 5.75 Å². The highest BCUT2D eigenvalue weighted by Crippen LogP contribution is 2.19. The lowest BCUT2D eigenvalue weighted by Gasteiger charge is -2.34. The van der Waals surface area contributed by atoms with Gasteiger partial charge in [0.25, 0.3) is 0 Å². The van der Waals surface area contributed by atoms with E-state index < -0.39 is 18.1 Å². The Labute approximate surface area is 219 Å². The van der Waals surface area contributed by atoms with Crippen LogP contribution >= 0.6 is 11.6 Å². The van der Waals surface area contributed by atoms with E-state index in [1.807, 2.05) is 9.80 Å². The number of nitrogens with zero attached hydrogens (tertiary/aromatic N) is 6. The number of carbonyl (C=O) groups excluding carboxylic acids is 2. The van der Waals surface area contributed by atoms with Crippen LogP contribution in [0.5, 0.6) is 5.75 Å². The van der Waals surface area contributed by atoms with E-state index in [9.17, 15) is 19.5 Å². The summed E-state index contributed by atoms with van der Waals surface area (Å²) in [5.74, 6) is -0.677. The molecule has 1 amide bonds. The minimum atomic E-state index is -1.10. The highest BCUT2D eigenvalue weighted by Gasteiger charge is 2.24. The van der Waals surface area contributed by atoms with Gasteiger partial charge in [-0.1, -0.05) is 12.1 Å². The number of carboxylic acid groups (broad SMARTS) is 1. The van der Waals surface area contributed by atoms with Gasteiger partial charge in [-0.3, -0.25) is 9.69 Å². The van der Waals surface area contributed by atoms with Gasteiger partial charge in [-0.25, -0.2) is 9.59 Å². The van der Waals surface area contributed by atoms with Gasteiger partial charge in [-0.15, -0.1) is 0 Å². The second-order valence-electron chi connectivity index (χ2n) is 8.44. The third kappa shape index (κ3) is 8.43. The number of aliphatic carboxylic acids is 1. The molecule has 3 rings (SSSR count). The molecule has 0 aliphatic carbocycles. The maximum atomic E-state index is 11.9. The molecule has 13 nitrogen and oxygen atoms in total. The van der Waals surface area contributed by atoms with Gasteiger partial charge in [0.1, 0.15) is 11.8 Å². The first-order chi connectivity index (χ1) is 17.6. The Morgan fingerprint density at radius 2 is 1.78 bits per heavy atom. The van der Waals surface area contributed by atoms with E-state index in [-0.39, 0.29) is 30.2 Å². The predicted molar refractivity (Wildman–Crippen MR) is 135 cm³/mol. The summed E-state index contributed by atoms with van der Waals surface area (Å²) in [5, 5.41) is 12.5. The zero-order valence-corrected chi connectivity index (χ0v) is 21.6. The molecule has 1 aromatic heterocycles. The molecule has 14 heteroatoms. The van der Waals surface area contributed by atoms with Crippen molar-refractivity contribution in [2.75, 3.05) is 63.6 Å². The average molecular weight is 536 g/mol. The van der Waals surface area contributed by atoms with Gasteiger partial charge in [-0.2, -0.15) is 15.0 Å². The van der Waals surface area contributed by atoms with Crippen LogP contribution in [0.1, 0.15) is 12.5 Å². The van der Waals surface area contributed by atoms with E-state index in [4.69, 9.17) is 21.1 Å². The van der Waals surface area contributed by atoms with Crippen molar-refractivity contribution in [2.24, 2.45) is 0 Å². The largest absolute Gasteiger partial charge is 0.480 e. The van der Waals surface area contributed by atoms with Crippen LogP contribution < -0.4 is 15.0 Å². The summed E-state index contributed by atoms with van der Waals surface area (Å²) >= 11 is 6.11. The number of hydrogen-bond donors (Lipinski definition) is 2. The fraction of sp³-hybridized carbons (Fsp3) is 0.478. The molecule has 0 spiro atoms. The fourth-order valence-corrected chi connectivity index (χ4v) is 3.67. The number of carboxylic acids is 1. The van der Waals surface area contributed by atoms with Crippen LogP contribution in [0.25, 0.3) is 0 Å². The van der Waals surface area contributed by atoms with Crippen molar-refractivity contribution in [2.45, 2.75) is 19.4 Å². The Kier molecular flexibility index (Phi) is 9.80. The summed E-state index contributed by atoms with van der Waals surface area (Å²) in [7, 11) is 3.15. The molecule has 0 unspecified atom stereocenters. The third-order valence-electron chi connectivity index (χ3n) is 5.44. The van der Waals surface area contributed by atoms with Crippen molar-refractivity contribution < 1.29 is 29.0 Å². The molecule has 2 aromatic rings. The summed E-state index contributed by atoms with van der Waals surface area (Å²) in [6.45, 7) is 4.62. The van der Waals surface area contributed by atoms with Gasteiger partial charge in [0.2, 0.25) is 17.2 Å². The lowest BCUT2D eigenvalue weighted by atomic mass is 10.1. The first kappa shape index (κ1) is 27.9. The molecule has 0 radical (unpaired) electrons. The SMILES string of the molecule is CCOC(=O)CN1CCN(c2nc(Cl)nc(N[C@@H](Cc3ccc(OC(=O)N(C)C)cc3)C(=O)O)n2)CC1. The van der Waals surface area contributed by atoms with Crippen LogP contribution in [0.4, 0.5) is 16.7 Å². The highest BCUT2D eigenvalue weighted by atomic mass is 35.5. The van der Waals surface area contributed by atoms with Crippen molar-refractivity contribution in [1.82, 2.24) is 24.8 Å². The molecule has 1 aliphatic rings. The number of benzene rings is 1. The number of amides is 1. The van der Waals surface area contributed by atoms with E-state index in [1.54, 1.807) is 45.3 Å². The van der Waals surface area contributed by atoms with E-state index >= 15 is 0 Å². The number of esters is 1. The molecule has 1 saturated heterocycles. The Morgan fingerprint density at radius 3 is 2.38 bits per heavy atom. The predicted octanol–water partition coefficient (Wildman–Crippen LogP) is 1.38. The number of hydrogen-bond acceptors (Lipinski definition) is 11. The first-order valence-corrected chi connectivity index (χ1v) is 12.0. The Morgan fingerprint density at radius 1 is 1.11 bits per heavy atom. The van der Waals surface area contributed by atoms with Crippen LogP contribution in [0.15, 0.2) is 24.3 Å². The Balaban J connectivity index is 1.63. The quantitative estimate of drug-likeness (QED) is 0.423. The molecule has 2 heterocycles. The minimum absolute atomic E-state index is 0.0351. The van der Waals surface area contributed by atoms with Crippen LogP contribution in [-0.4, -0.2) is 107 Å². The highest BCUT2D eigenvalue weighted by molar-refractivity contribution is 6.28. The number of piperazine rings is 1. The topological polar surface area (TPSA) is 150 Å². The van der Waals surface area contributed by atoms with Crippen molar-refractivity contribution in [3.63, 3.8) is 0 Å². The maximum Gasteiger partial charge on any atom is 0.414 e. The van der Waals surface area contributed by atoms with Gasteiger partial charge in [0, 0.05) is 46.7 Å². The average Bonchev–Trinajstić information content (AvgIpc) is 2.85. The lowest BCUT2D eigenvalue weighted by Crippen LogP contribution is -2.48. The van der Waals surface area contributed by atoms with Crippen LogP contribution in [-0.2, 0) is 20.7 Å². The van der Waals surface area contributed by atoms with Crippen molar-refractivity contribution in [1.29, 1.82) is 0 Å². The molecule has 37 heavy (non-hydrogen) atoms. The number of rotatable bonds is 10. The standard InChI is InChI=1S/C23H30ClN7O6/c1-4-36-18(32)14-30-9-11-31(12-10-30)22-27-20(24)26-21(28-22)25-17(19(33)34)13-15-5-7-16(8-6-15)37-23(35)29(2)3/h5-8,17H,4,9-14H2,1-3H3,(H,33,34)(H,25,26,27,28)/t17-/m0/s1. The van der Waals surface area contributed by atoms with Crippen LogP contribution in [0.3, 0.4) is 0 Å². The van der Waals surface area contributed by atoms with Gasteiger partial charge in [0.05, 0.1) is 13.2 Å². The second-order valence-corrected chi connectivity index (χ2v) is 8.78. The molecule has 0 bridgehead atoms. The number of anilines is 2. The molecule has 1 aromatic carbocycles. The molecule has 1 fully saturated rings. The molecule has 1 aliphatic heterocycles. The molecule has 0 saturated carbocycles. The summed E-state index contributed by atoms with van der Waals surface area (Å²) in [5.41, 5.74) is 0.697. The van der Waals surface area contributed by atoms with Gasteiger partial charge >= 0.3 is 18.0 Å². The second kappa shape index (κ2) is 13.0. The molecule has 2 N–H and O–H groups in total. The van der Waals surface area contributed by atoms with Gasteiger partial charge in [0.15, 0.2) is 0 Å².